The van der Waals surface area contributed by atoms with Gasteiger partial charge in [-0.3, -0.25) is 0 Å². The Kier molecular flexibility index (Phi) is 5.61. The largest absolute Gasteiger partial charge is 0.493 e. The molecule has 2 aromatic rings. The Morgan fingerprint density at radius 3 is 2.09 bits per heavy atom. The van der Waals surface area contributed by atoms with Crippen molar-refractivity contribution in [2.75, 3.05) is 21.3 Å². The lowest BCUT2D eigenvalue weighted by Gasteiger charge is -2.14. The van der Waals surface area contributed by atoms with E-state index in [1.807, 2.05) is 18.2 Å². The van der Waals surface area contributed by atoms with E-state index < -0.39 is 0 Å². The fraction of sp³-hybridized carbons (Fsp3) is 0.294. The summed E-state index contributed by atoms with van der Waals surface area (Å²) in [6.45, 7) is 1.01. The molecule has 0 radical (unpaired) electrons. The molecule has 0 spiro atoms. The quantitative estimate of drug-likeness (QED) is 0.853. The average Bonchev–Trinajstić information content (AvgIpc) is 2.55. The fourth-order valence-corrected chi connectivity index (χ4v) is 2.22. The number of rotatable bonds is 7. The van der Waals surface area contributed by atoms with Crippen molar-refractivity contribution in [2.24, 2.45) is 0 Å². The molecule has 1 N–H and O–H groups in total. The first-order valence-electron chi connectivity index (χ1n) is 6.92. The number of hydrogen-bond acceptors (Lipinski definition) is 4. The van der Waals surface area contributed by atoms with Gasteiger partial charge >= 0.3 is 0 Å². The standard InChI is InChI=1S/C17H20FNO3/c1-20-15-8-12(9-16(21-2)17(15)22-3)10-19-11-13-6-4-5-7-14(13)18/h4-9,19H,10-11H2,1-3H3. The summed E-state index contributed by atoms with van der Waals surface area (Å²) < 4.78 is 29.5. The number of benzene rings is 2. The van der Waals surface area contributed by atoms with Crippen LogP contribution in [0.2, 0.25) is 0 Å². The summed E-state index contributed by atoms with van der Waals surface area (Å²) in [5.41, 5.74) is 1.60. The number of hydrogen-bond donors (Lipinski definition) is 1. The van der Waals surface area contributed by atoms with Crippen LogP contribution in [0.1, 0.15) is 11.1 Å². The number of methoxy groups -OCH3 is 3. The molecule has 0 amide bonds. The molecule has 22 heavy (non-hydrogen) atoms. The van der Waals surface area contributed by atoms with E-state index in [2.05, 4.69) is 5.32 Å². The van der Waals surface area contributed by atoms with Crippen molar-refractivity contribution in [3.8, 4) is 17.2 Å². The third kappa shape index (κ3) is 3.68. The van der Waals surface area contributed by atoms with Crippen molar-refractivity contribution in [1.29, 1.82) is 0 Å². The maximum absolute atomic E-state index is 13.6. The minimum absolute atomic E-state index is 0.208. The number of ether oxygens (including phenoxy) is 3. The third-order valence-electron chi connectivity index (χ3n) is 3.33. The highest BCUT2D eigenvalue weighted by molar-refractivity contribution is 5.53. The molecule has 2 aromatic carbocycles. The first kappa shape index (κ1) is 16.1. The van der Waals surface area contributed by atoms with Crippen molar-refractivity contribution in [1.82, 2.24) is 5.32 Å². The second kappa shape index (κ2) is 7.66. The van der Waals surface area contributed by atoms with Gasteiger partial charge in [-0.1, -0.05) is 18.2 Å². The maximum Gasteiger partial charge on any atom is 0.203 e. The summed E-state index contributed by atoms with van der Waals surface area (Å²) >= 11 is 0. The first-order valence-corrected chi connectivity index (χ1v) is 6.92. The normalized spacial score (nSPS) is 10.4. The molecule has 0 saturated heterocycles. The summed E-state index contributed by atoms with van der Waals surface area (Å²) in [6, 6.07) is 10.5. The van der Waals surface area contributed by atoms with Gasteiger partial charge < -0.3 is 19.5 Å². The van der Waals surface area contributed by atoms with Crippen LogP contribution in [0.15, 0.2) is 36.4 Å². The van der Waals surface area contributed by atoms with Crippen LogP contribution in [0.25, 0.3) is 0 Å². The summed E-state index contributed by atoms with van der Waals surface area (Å²) in [5, 5.41) is 3.21. The Bertz CT molecular complexity index is 606. The van der Waals surface area contributed by atoms with Crippen LogP contribution in [0.3, 0.4) is 0 Å². The fourth-order valence-electron chi connectivity index (χ4n) is 2.22. The van der Waals surface area contributed by atoms with Crippen molar-refractivity contribution in [2.45, 2.75) is 13.1 Å². The van der Waals surface area contributed by atoms with Crippen LogP contribution in [-0.4, -0.2) is 21.3 Å². The molecule has 0 fully saturated rings. The van der Waals surface area contributed by atoms with Crippen LogP contribution >= 0.6 is 0 Å². The molecule has 0 aliphatic carbocycles. The molecule has 4 nitrogen and oxygen atoms in total. The summed E-state index contributed by atoms with van der Waals surface area (Å²) in [7, 11) is 4.72. The summed E-state index contributed by atoms with van der Waals surface area (Å²) in [5.74, 6) is 1.55. The topological polar surface area (TPSA) is 39.7 Å². The zero-order valence-corrected chi connectivity index (χ0v) is 13.0. The number of nitrogens with one attached hydrogen (secondary N) is 1. The molecule has 0 aliphatic rings. The van der Waals surface area contributed by atoms with Gasteiger partial charge in [-0.2, -0.15) is 0 Å². The van der Waals surface area contributed by atoms with Gasteiger partial charge in [-0.05, 0) is 23.8 Å². The van der Waals surface area contributed by atoms with E-state index in [9.17, 15) is 4.39 Å². The molecule has 5 heteroatoms. The summed E-state index contributed by atoms with van der Waals surface area (Å²) in [6.07, 6.45) is 0. The molecule has 0 aliphatic heterocycles. The monoisotopic (exact) mass is 305 g/mol. The minimum atomic E-state index is -0.208. The zero-order chi connectivity index (χ0) is 15.9. The molecule has 0 unspecified atom stereocenters. The summed E-state index contributed by atoms with van der Waals surface area (Å²) in [4.78, 5) is 0. The van der Waals surface area contributed by atoms with E-state index in [4.69, 9.17) is 14.2 Å². The second-order valence-electron chi connectivity index (χ2n) is 4.73. The van der Waals surface area contributed by atoms with E-state index >= 15 is 0 Å². The van der Waals surface area contributed by atoms with Gasteiger partial charge in [0.15, 0.2) is 11.5 Å². The van der Waals surface area contributed by atoms with Crippen LogP contribution in [0, 0.1) is 5.82 Å². The van der Waals surface area contributed by atoms with Crippen molar-refractivity contribution < 1.29 is 18.6 Å². The molecule has 0 saturated carbocycles. The predicted octanol–water partition coefficient (Wildman–Crippen LogP) is 3.14. The van der Waals surface area contributed by atoms with Crippen molar-refractivity contribution >= 4 is 0 Å². The van der Waals surface area contributed by atoms with Gasteiger partial charge in [0.25, 0.3) is 0 Å². The molecule has 0 aromatic heterocycles. The average molecular weight is 305 g/mol. The van der Waals surface area contributed by atoms with E-state index in [1.165, 1.54) is 6.07 Å². The molecule has 2 rings (SSSR count). The van der Waals surface area contributed by atoms with Gasteiger partial charge in [0, 0.05) is 18.7 Å². The van der Waals surface area contributed by atoms with E-state index in [-0.39, 0.29) is 5.82 Å². The Morgan fingerprint density at radius 1 is 0.909 bits per heavy atom. The first-order chi connectivity index (χ1) is 10.7. The Hall–Kier alpha value is -2.27. The SMILES string of the molecule is COc1cc(CNCc2ccccc2F)cc(OC)c1OC. The lowest BCUT2D eigenvalue weighted by atomic mass is 10.1. The number of halogens is 1. The van der Waals surface area contributed by atoms with Crippen LogP contribution < -0.4 is 19.5 Å². The van der Waals surface area contributed by atoms with Crippen LogP contribution in [-0.2, 0) is 13.1 Å². The van der Waals surface area contributed by atoms with Gasteiger partial charge in [0.05, 0.1) is 21.3 Å². The highest BCUT2D eigenvalue weighted by Gasteiger charge is 2.13. The van der Waals surface area contributed by atoms with Crippen molar-refractivity contribution in [3.63, 3.8) is 0 Å². The molecule has 0 atom stereocenters. The zero-order valence-electron chi connectivity index (χ0n) is 13.0. The molecule has 0 heterocycles. The Balaban J connectivity index is 2.08. The van der Waals surface area contributed by atoms with Gasteiger partial charge in [0.2, 0.25) is 5.75 Å². The Morgan fingerprint density at radius 2 is 1.55 bits per heavy atom. The Labute approximate surface area is 129 Å². The molecule has 118 valence electrons. The van der Waals surface area contributed by atoms with E-state index in [1.54, 1.807) is 33.5 Å². The molecular formula is C17H20FNO3. The molecule has 0 bridgehead atoms. The van der Waals surface area contributed by atoms with Crippen LogP contribution in [0.5, 0.6) is 17.2 Å². The highest BCUT2D eigenvalue weighted by atomic mass is 19.1. The minimum Gasteiger partial charge on any atom is -0.493 e. The predicted molar refractivity (Wildman–Crippen MR) is 83.0 cm³/mol. The van der Waals surface area contributed by atoms with Gasteiger partial charge in [-0.25, -0.2) is 4.39 Å². The smallest absolute Gasteiger partial charge is 0.203 e. The van der Waals surface area contributed by atoms with Crippen molar-refractivity contribution in [3.05, 3.63) is 53.3 Å². The van der Waals surface area contributed by atoms with E-state index in [0.29, 0.717) is 35.9 Å². The molecular weight excluding hydrogens is 285 g/mol. The van der Waals surface area contributed by atoms with Crippen LogP contribution in [0.4, 0.5) is 4.39 Å². The van der Waals surface area contributed by atoms with E-state index in [0.717, 1.165) is 5.56 Å². The third-order valence-corrected chi connectivity index (χ3v) is 3.33. The second-order valence-corrected chi connectivity index (χ2v) is 4.73. The maximum atomic E-state index is 13.6. The lowest BCUT2D eigenvalue weighted by Crippen LogP contribution is -2.14. The van der Waals surface area contributed by atoms with Gasteiger partial charge in [0.1, 0.15) is 5.82 Å². The highest BCUT2D eigenvalue weighted by Crippen LogP contribution is 2.38. The lowest BCUT2D eigenvalue weighted by molar-refractivity contribution is 0.323. The van der Waals surface area contributed by atoms with Gasteiger partial charge in [-0.15, -0.1) is 0 Å².